The van der Waals surface area contributed by atoms with Crippen LogP contribution < -0.4 is 10.2 Å². The number of carbonyl (C=O) groups is 4. The molecule has 2 aliphatic carbocycles. The van der Waals surface area contributed by atoms with E-state index in [1.807, 2.05) is 12.2 Å². The van der Waals surface area contributed by atoms with E-state index in [2.05, 4.69) is 5.43 Å². The van der Waals surface area contributed by atoms with Crippen LogP contribution in [0, 0.1) is 35.4 Å². The minimum absolute atomic E-state index is 0.0467. The summed E-state index contributed by atoms with van der Waals surface area (Å²) >= 11 is 6.36. The number of benzene rings is 4. The van der Waals surface area contributed by atoms with Crippen LogP contribution in [0.4, 0.5) is 10.1 Å². The minimum atomic E-state index is -1.51. The Balaban J connectivity index is 1.24. The third-order valence-corrected chi connectivity index (χ3v) is 11.9. The Kier molecular flexibility index (Phi) is 9.21. The number of methoxy groups -OCH3 is 1. The van der Waals surface area contributed by atoms with Crippen LogP contribution >= 0.6 is 11.6 Å². The van der Waals surface area contributed by atoms with E-state index < -0.39 is 52.6 Å². The summed E-state index contributed by atoms with van der Waals surface area (Å²) in [6, 6.07) is 23.6. The molecule has 4 aromatic carbocycles. The lowest BCUT2D eigenvalue weighted by Crippen LogP contribution is -2.54. The van der Waals surface area contributed by atoms with Crippen molar-refractivity contribution in [2.45, 2.75) is 24.7 Å². The number of hydrogen-bond donors (Lipinski definition) is 3. The van der Waals surface area contributed by atoms with E-state index in [0.717, 1.165) is 16.1 Å². The second-order valence-electron chi connectivity index (χ2n) is 14.5. The molecule has 4 aliphatic rings. The predicted molar refractivity (Wildman–Crippen MR) is 202 cm³/mol. The zero-order valence-electron chi connectivity index (χ0n) is 29.7. The van der Waals surface area contributed by atoms with Crippen molar-refractivity contribution in [2.24, 2.45) is 29.6 Å². The monoisotopic (exact) mass is 761 g/mol. The van der Waals surface area contributed by atoms with Gasteiger partial charge in [0.15, 0.2) is 11.5 Å². The zero-order valence-corrected chi connectivity index (χ0v) is 30.4. The number of likely N-dealkylation sites (tertiary alicyclic amines) is 1. The highest BCUT2D eigenvalue weighted by atomic mass is 35.5. The maximum absolute atomic E-state index is 15.2. The van der Waals surface area contributed by atoms with E-state index >= 15 is 4.79 Å². The van der Waals surface area contributed by atoms with Crippen LogP contribution in [0.5, 0.6) is 17.2 Å². The van der Waals surface area contributed by atoms with Gasteiger partial charge in [0.25, 0.3) is 11.8 Å². The lowest BCUT2D eigenvalue weighted by Gasteiger charge is -2.49. The molecule has 0 unspecified atom stereocenters. The molecule has 3 fully saturated rings. The lowest BCUT2D eigenvalue weighted by atomic mass is 9.50. The van der Waals surface area contributed by atoms with Crippen molar-refractivity contribution in [3.63, 3.8) is 0 Å². The van der Waals surface area contributed by atoms with Gasteiger partial charge in [-0.1, -0.05) is 65.7 Å². The van der Waals surface area contributed by atoms with Crippen LogP contribution in [0.3, 0.4) is 0 Å². The minimum Gasteiger partial charge on any atom is -0.508 e. The van der Waals surface area contributed by atoms with Crippen molar-refractivity contribution in [3.05, 3.63) is 136 Å². The highest BCUT2D eigenvalue weighted by molar-refractivity contribution is 6.30. The first kappa shape index (κ1) is 36.1. The Morgan fingerprint density at radius 1 is 0.909 bits per heavy atom. The highest BCUT2D eigenvalue weighted by Crippen LogP contribution is 2.61. The molecule has 55 heavy (non-hydrogen) atoms. The summed E-state index contributed by atoms with van der Waals surface area (Å²) in [6.07, 6.45) is 6.43. The fourth-order valence-electron chi connectivity index (χ4n) is 9.10. The van der Waals surface area contributed by atoms with Crippen molar-refractivity contribution in [1.82, 2.24) is 9.91 Å². The average Bonchev–Trinajstić information content (AvgIpc) is 3.56. The SMILES string of the molecule is COc1cc(C=C[C@H]2C3=CC[C@@H]4C(=O)N(CCc5ccc(O)cc5)C(=O)[C@@H]4[C@@H]3C[C@H]3C(=O)N(Nc4ccc(F)cc4)C(=O)[C@@]23c2ccc(Cl)cc2)ccc1O. The highest BCUT2D eigenvalue weighted by Gasteiger charge is 2.69. The Morgan fingerprint density at radius 3 is 2.35 bits per heavy atom. The predicted octanol–water partition coefficient (Wildman–Crippen LogP) is 6.67. The van der Waals surface area contributed by atoms with Gasteiger partial charge in [0.1, 0.15) is 11.6 Å². The number of nitrogens with zero attached hydrogens (tertiary/aromatic N) is 2. The summed E-state index contributed by atoms with van der Waals surface area (Å²) in [5, 5.41) is 21.4. The summed E-state index contributed by atoms with van der Waals surface area (Å²) in [7, 11) is 1.44. The van der Waals surface area contributed by atoms with Crippen molar-refractivity contribution in [1.29, 1.82) is 0 Å². The molecule has 10 nitrogen and oxygen atoms in total. The molecule has 0 aromatic heterocycles. The Morgan fingerprint density at radius 2 is 1.64 bits per heavy atom. The number of allylic oxidation sites excluding steroid dienone is 3. The summed E-state index contributed by atoms with van der Waals surface area (Å²) in [6.45, 7) is 0.161. The van der Waals surface area contributed by atoms with Crippen LogP contribution in [0.1, 0.15) is 29.5 Å². The van der Waals surface area contributed by atoms with Gasteiger partial charge in [-0.15, -0.1) is 0 Å². The number of anilines is 1. The van der Waals surface area contributed by atoms with Crippen LogP contribution in [-0.2, 0) is 31.0 Å². The molecule has 3 N–H and O–H groups in total. The molecule has 2 heterocycles. The summed E-state index contributed by atoms with van der Waals surface area (Å²) in [4.78, 5) is 59.6. The van der Waals surface area contributed by atoms with E-state index in [1.165, 1.54) is 42.3 Å². The number of ether oxygens (including phenoxy) is 1. The fourth-order valence-corrected chi connectivity index (χ4v) is 9.22. The molecule has 6 atom stereocenters. The number of hydrazine groups is 1. The molecule has 0 bridgehead atoms. The van der Waals surface area contributed by atoms with E-state index in [0.29, 0.717) is 28.3 Å². The van der Waals surface area contributed by atoms with Gasteiger partial charge in [-0.05, 0) is 103 Å². The fraction of sp³-hybridized carbons (Fsp3) is 0.256. The molecule has 2 aliphatic heterocycles. The number of halogens is 2. The van der Waals surface area contributed by atoms with E-state index in [9.17, 15) is 29.0 Å². The van der Waals surface area contributed by atoms with Crippen LogP contribution in [0.2, 0.25) is 5.02 Å². The number of phenols is 2. The maximum Gasteiger partial charge on any atom is 0.260 e. The van der Waals surface area contributed by atoms with Crippen LogP contribution in [0.15, 0.2) is 109 Å². The number of phenolic OH excluding ortho intramolecular Hbond substituents is 2. The molecule has 12 heteroatoms. The largest absolute Gasteiger partial charge is 0.508 e. The van der Waals surface area contributed by atoms with Gasteiger partial charge in [0, 0.05) is 17.5 Å². The Labute approximate surface area is 321 Å². The number of amides is 4. The first-order valence-electron chi connectivity index (χ1n) is 18.1. The molecular weight excluding hydrogens is 725 g/mol. The van der Waals surface area contributed by atoms with Crippen molar-refractivity contribution in [3.8, 4) is 17.2 Å². The molecule has 2 saturated heterocycles. The van der Waals surface area contributed by atoms with Crippen molar-refractivity contribution in [2.75, 3.05) is 19.1 Å². The molecule has 1 saturated carbocycles. The third-order valence-electron chi connectivity index (χ3n) is 11.7. The van der Waals surface area contributed by atoms with Gasteiger partial charge in [0.2, 0.25) is 11.8 Å². The van der Waals surface area contributed by atoms with Gasteiger partial charge in [-0.2, -0.15) is 5.01 Å². The smallest absolute Gasteiger partial charge is 0.260 e. The molecule has 4 amide bonds. The van der Waals surface area contributed by atoms with Crippen molar-refractivity contribution < 1.29 is 38.5 Å². The Hall–Kier alpha value is -5.94. The van der Waals surface area contributed by atoms with Crippen LogP contribution in [0.25, 0.3) is 6.08 Å². The normalized spacial score (nSPS) is 25.9. The lowest BCUT2D eigenvalue weighted by molar-refractivity contribution is -0.141. The molecule has 280 valence electrons. The summed E-state index contributed by atoms with van der Waals surface area (Å²) in [5.41, 5.74) is 4.60. The van der Waals surface area contributed by atoms with Gasteiger partial charge >= 0.3 is 0 Å². The molecule has 0 spiro atoms. The molecular formula is C43H37ClFN3O7. The number of aromatic hydroxyl groups is 2. The van der Waals surface area contributed by atoms with Gasteiger partial charge in [-0.3, -0.25) is 29.5 Å². The molecule has 8 rings (SSSR count). The molecule has 0 radical (unpaired) electrons. The molecule has 4 aromatic rings. The Bertz CT molecular complexity index is 2260. The van der Waals surface area contributed by atoms with Gasteiger partial charge < -0.3 is 14.9 Å². The van der Waals surface area contributed by atoms with Crippen LogP contribution in [-0.4, -0.2) is 57.4 Å². The first-order valence-corrected chi connectivity index (χ1v) is 18.4. The second kappa shape index (κ2) is 14.0. The number of rotatable bonds is 9. The summed E-state index contributed by atoms with van der Waals surface area (Å²) in [5.74, 6) is -5.47. The average molecular weight is 762 g/mol. The van der Waals surface area contributed by atoms with E-state index in [-0.39, 0.29) is 48.4 Å². The quantitative estimate of drug-likeness (QED) is 0.127. The van der Waals surface area contributed by atoms with Gasteiger partial charge in [-0.25, -0.2) is 4.39 Å². The zero-order chi connectivity index (χ0) is 38.6. The third kappa shape index (κ3) is 6.03. The van der Waals surface area contributed by atoms with E-state index in [4.69, 9.17) is 16.3 Å². The number of nitrogens with one attached hydrogen (secondary N) is 1. The number of fused-ring (bicyclic) bond motifs is 4. The van der Waals surface area contributed by atoms with Crippen molar-refractivity contribution >= 4 is 47.0 Å². The second-order valence-corrected chi connectivity index (χ2v) is 14.9. The van der Waals surface area contributed by atoms with Gasteiger partial charge in [0.05, 0.1) is 36.0 Å². The summed E-state index contributed by atoms with van der Waals surface area (Å²) < 4.78 is 19.2. The number of carbonyl (C=O) groups excluding carboxylic acids is 4. The topological polar surface area (TPSA) is 136 Å². The van der Waals surface area contributed by atoms with E-state index in [1.54, 1.807) is 66.7 Å². The number of hydrogen-bond acceptors (Lipinski definition) is 8. The standard InChI is InChI=1S/C43H37ClFN3O7/c1-55-37-22-25(5-19-36(37)50)4-18-34-31-16-17-32-38(41(53)47(39(32)51)21-20-24-2-14-30(49)15-3-24)33(31)23-35-40(52)48(46-29-12-10-28(45)11-13-29)42(54)43(34,35)26-6-8-27(44)9-7-26/h2-16,18-19,22,32-35,38,46,49-50H,17,20-21,23H2,1H3/t32-,33+,34-,35-,38-,43-/m0/s1. The number of imide groups is 2. The maximum atomic E-state index is 15.2. The first-order chi connectivity index (χ1) is 26.5.